The summed E-state index contributed by atoms with van der Waals surface area (Å²) < 4.78 is 93.2. The number of fused-ring (bicyclic) bond motifs is 1. The quantitative estimate of drug-likeness (QED) is 0.236. The van der Waals surface area contributed by atoms with Gasteiger partial charge in [0.25, 0.3) is 17.0 Å². The van der Waals surface area contributed by atoms with Crippen molar-refractivity contribution in [2.24, 2.45) is 0 Å². The largest absolute Gasteiger partial charge is 0.423 e. The number of aryl methyl sites for hydroxylation is 1. The Hall–Kier alpha value is -4.30. The average molecular weight is 572 g/mol. The molecule has 0 fully saturated rings. The van der Waals surface area contributed by atoms with Crippen LogP contribution in [0.1, 0.15) is 44.2 Å². The Morgan fingerprint density at radius 1 is 1.00 bits per heavy atom. The van der Waals surface area contributed by atoms with Gasteiger partial charge in [-0.15, -0.1) is 0 Å². The lowest BCUT2D eigenvalue weighted by atomic mass is 10.1. The molecule has 0 unspecified atom stereocenters. The van der Waals surface area contributed by atoms with Gasteiger partial charge in [0.05, 0.1) is 28.4 Å². The van der Waals surface area contributed by atoms with Crippen LogP contribution in [0, 0.1) is 11.6 Å². The summed E-state index contributed by atoms with van der Waals surface area (Å²) in [7, 11) is 0. The summed E-state index contributed by atoms with van der Waals surface area (Å²) in [4.78, 5) is 30.6. The number of nitrogen functional groups attached to an aromatic ring is 1. The maximum absolute atomic E-state index is 14.7. The topological polar surface area (TPSA) is 120 Å². The van der Waals surface area contributed by atoms with Gasteiger partial charge in [0, 0.05) is 32.1 Å². The molecule has 0 amide bonds. The van der Waals surface area contributed by atoms with Crippen LogP contribution in [-0.4, -0.2) is 24.7 Å². The minimum Gasteiger partial charge on any atom is -0.397 e. The zero-order valence-corrected chi connectivity index (χ0v) is 21.1. The minimum atomic E-state index is -4.74. The van der Waals surface area contributed by atoms with Crippen molar-refractivity contribution in [2.45, 2.75) is 51.8 Å². The Kier molecular flexibility index (Phi) is 8.95. The molecule has 0 bridgehead atoms. The molecule has 0 aliphatic rings. The van der Waals surface area contributed by atoms with Gasteiger partial charge in [0.15, 0.2) is 17.5 Å². The molecule has 15 heteroatoms. The molecule has 0 atom stereocenters. The highest BCUT2D eigenvalue weighted by atomic mass is 19.4. The Morgan fingerprint density at radius 2 is 1.65 bits per heavy atom. The molecule has 1 aromatic carbocycles. The van der Waals surface area contributed by atoms with Crippen LogP contribution in [0.5, 0.6) is 0 Å². The Balaban J connectivity index is 0.000000307. The second-order valence-electron chi connectivity index (χ2n) is 8.75. The first kappa shape index (κ1) is 30.2. The molecule has 0 saturated heterocycles. The van der Waals surface area contributed by atoms with Crippen LogP contribution >= 0.6 is 0 Å². The summed E-state index contributed by atoms with van der Waals surface area (Å²) in [5.74, 6) is -5.96. The van der Waals surface area contributed by atoms with E-state index < -0.39 is 51.7 Å². The molecular formula is C25H23F7N6O2. The van der Waals surface area contributed by atoms with E-state index in [1.165, 1.54) is 22.9 Å². The van der Waals surface area contributed by atoms with Crippen molar-refractivity contribution in [1.29, 1.82) is 0 Å². The number of hydrogen-bond acceptors (Lipinski definition) is 6. The smallest absolute Gasteiger partial charge is 0.397 e. The Bertz CT molecular complexity index is 1610. The molecule has 3 heterocycles. The van der Waals surface area contributed by atoms with Crippen molar-refractivity contribution in [3.05, 3.63) is 80.4 Å². The fraction of sp³-hybridized carbons (Fsp3) is 0.320. The SMILES string of the molecule is CCCCCn1ccc2cc(-c3ncc(C(C)(F)F)cn3)c(F)c(F)c2c1=O.Nc1cn[nH]c(=O)c1C(F)(F)F. The molecular weight excluding hydrogens is 549 g/mol. The van der Waals surface area contributed by atoms with Crippen molar-refractivity contribution in [2.75, 3.05) is 5.73 Å². The summed E-state index contributed by atoms with van der Waals surface area (Å²) in [6, 6.07) is 2.77. The second kappa shape index (κ2) is 11.8. The summed E-state index contributed by atoms with van der Waals surface area (Å²) in [5.41, 5.74) is 0.152. The van der Waals surface area contributed by atoms with Crippen LogP contribution in [-0.2, 0) is 18.6 Å². The number of aromatic amines is 1. The number of rotatable bonds is 6. The van der Waals surface area contributed by atoms with Crippen LogP contribution in [0.25, 0.3) is 22.2 Å². The van der Waals surface area contributed by atoms with Crippen LogP contribution in [0.15, 0.2) is 46.5 Å². The van der Waals surface area contributed by atoms with E-state index >= 15 is 0 Å². The van der Waals surface area contributed by atoms with E-state index in [9.17, 15) is 40.3 Å². The maximum atomic E-state index is 14.7. The number of nitrogens with one attached hydrogen (secondary N) is 1. The highest BCUT2D eigenvalue weighted by Gasteiger charge is 2.36. The first-order chi connectivity index (χ1) is 18.7. The molecule has 8 nitrogen and oxygen atoms in total. The number of halogens is 7. The number of nitrogens with two attached hydrogens (primary N) is 1. The molecule has 4 rings (SSSR count). The van der Waals surface area contributed by atoms with Crippen molar-refractivity contribution in [3.8, 4) is 11.4 Å². The summed E-state index contributed by atoms with van der Waals surface area (Å²) >= 11 is 0. The van der Waals surface area contributed by atoms with E-state index in [0.29, 0.717) is 13.5 Å². The van der Waals surface area contributed by atoms with Gasteiger partial charge < -0.3 is 10.3 Å². The highest BCUT2D eigenvalue weighted by Crippen LogP contribution is 2.31. The summed E-state index contributed by atoms with van der Waals surface area (Å²) in [6.07, 6.45) is 1.92. The number of unbranched alkanes of at least 4 members (excludes halogenated alkanes) is 2. The van der Waals surface area contributed by atoms with Gasteiger partial charge in [-0.1, -0.05) is 19.8 Å². The first-order valence-corrected chi connectivity index (χ1v) is 11.8. The predicted octanol–water partition coefficient (Wildman–Crippen LogP) is 5.41. The van der Waals surface area contributed by atoms with Gasteiger partial charge in [-0.3, -0.25) is 9.59 Å². The monoisotopic (exact) mass is 572 g/mol. The molecule has 3 aromatic heterocycles. The van der Waals surface area contributed by atoms with E-state index in [4.69, 9.17) is 5.73 Å². The molecule has 0 radical (unpaired) electrons. The third kappa shape index (κ3) is 6.63. The number of hydrogen-bond donors (Lipinski definition) is 2. The van der Waals surface area contributed by atoms with Gasteiger partial charge in [-0.25, -0.2) is 32.6 Å². The fourth-order valence-electron chi connectivity index (χ4n) is 3.65. The molecule has 0 aliphatic carbocycles. The lowest BCUT2D eigenvalue weighted by Crippen LogP contribution is -2.24. The summed E-state index contributed by atoms with van der Waals surface area (Å²) in [6.45, 7) is 3.13. The number of H-pyrrole nitrogens is 1. The molecule has 40 heavy (non-hydrogen) atoms. The third-order valence-corrected chi connectivity index (χ3v) is 5.72. The zero-order valence-electron chi connectivity index (χ0n) is 21.1. The van der Waals surface area contributed by atoms with Gasteiger partial charge in [-0.05, 0) is 23.9 Å². The molecule has 0 spiro atoms. The van der Waals surface area contributed by atoms with Crippen molar-refractivity contribution >= 4 is 16.5 Å². The molecule has 0 aliphatic heterocycles. The Labute approximate surface area is 221 Å². The van der Waals surface area contributed by atoms with Crippen molar-refractivity contribution in [1.82, 2.24) is 24.7 Å². The van der Waals surface area contributed by atoms with E-state index in [1.54, 1.807) is 5.10 Å². The third-order valence-electron chi connectivity index (χ3n) is 5.72. The van der Waals surface area contributed by atoms with Gasteiger partial charge >= 0.3 is 6.18 Å². The van der Waals surface area contributed by atoms with Gasteiger partial charge in [0.1, 0.15) is 5.56 Å². The van der Waals surface area contributed by atoms with Crippen LogP contribution in [0.4, 0.5) is 36.4 Å². The number of pyridine rings is 1. The number of aromatic nitrogens is 5. The molecule has 0 saturated carbocycles. The first-order valence-electron chi connectivity index (χ1n) is 11.8. The Morgan fingerprint density at radius 3 is 2.17 bits per heavy atom. The number of alkyl halides is 5. The predicted molar refractivity (Wildman–Crippen MR) is 133 cm³/mol. The molecule has 214 valence electrons. The van der Waals surface area contributed by atoms with E-state index in [0.717, 1.165) is 37.9 Å². The van der Waals surface area contributed by atoms with Gasteiger partial charge in [-0.2, -0.15) is 18.3 Å². The minimum absolute atomic E-state index is 0.194. The van der Waals surface area contributed by atoms with Crippen LogP contribution in [0.3, 0.4) is 0 Å². The van der Waals surface area contributed by atoms with Crippen LogP contribution in [0.2, 0.25) is 0 Å². The lowest BCUT2D eigenvalue weighted by Gasteiger charge is -2.12. The van der Waals surface area contributed by atoms with E-state index in [2.05, 4.69) is 15.1 Å². The average Bonchev–Trinajstić information content (AvgIpc) is 2.86. The zero-order chi connectivity index (χ0) is 29.8. The van der Waals surface area contributed by atoms with Crippen molar-refractivity contribution < 1.29 is 30.7 Å². The van der Waals surface area contributed by atoms with E-state index in [-0.39, 0.29) is 22.2 Å². The standard InChI is InChI=1S/C20H19F4N3O.C5H4F3N3O/c1-3-4-5-7-27-8-6-12-9-14(16(21)17(22)15(12)19(27)28)18-25-10-13(11-26-18)20(2,23)24;6-5(7,8)3-2(9)1-10-11-4(3)12/h6,8-11H,3-5,7H2,1-2H3;1H,(H3,9,11,12). The number of anilines is 1. The van der Waals surface area contributed by atoms with Gasteiger partial charge in [0.2, 0.25) is 0 Å². The lowest BCUT2D eigenvalue weighted by molar-refractivity contribution is -0.138. The number of benzene rings is 1. The number of nitrogens with zero attached hydrogens (tertiary/aromatic N) is 4. The second-order valence-corrected chi connectivity index (χ2v) is 8.75. The van der Waals surface area contributed by atoms with Crippen LogP contribution < -0.4 is 16.9 Å². The normalized spacial score (nSPS) is 11.8. The highest BCUT2D eigenvalue weighted by molar-refractivity contribution is 5.86. The van der Waals surface area contributed by atoms with E-state index in [1.807, 2.05) is 6.92 Å². The van der Waals surface area contributed by atoms with Crippen molar-refractivity contribution in [3.63, 3.8) is 0 Å². The fourth-order valence-corrected chi connectivity index (χ4v) is 3.65. The molecule has 3 N–H and O–H groups in total. The maximum Gasteiger partial charge on any atom is 0.423 e. The summed E-state index contributed by atoms with van der Waals surface area (Å²) in [5, 5.41) is 4.58. The molecule has 4 aromatic rings.